The molecule has 0 amide bonds. The summed E-state index contributed by atoms with van der Waals surface area (Å²) in [6.45, 7) is 0. The molecule has 22 aromatic rings. The van der Waals surface area contributed by atoms with Crippen LogP contribution in [0.2, 0.25) is 0 Å². The Balaban J connectivity index is 0.641. The second kappa shape index (κ2) is 28.8. The van der Waals surface area contributed by atoms with Crippen LogP contribution in [0.25, 0.3) is 97.7 Å². The van der Waals surface area contributed by atoms with E-state index in [1.54, 1.807) is 0 Å². The fourth-order valence-electron chi connectivity index (χ4n) is 23.4. The minimum Gasteiger partial charge on any atom is -0.456 e. The van der Waals surface area contributed by atoms with E-state index in [1.807, 2.05) is 11.3 Å². The smallest absolute Gasteiger partial charge is 0.135 e. The summed E-state index contributed by atoms with van der Waals surface area (Å²) in [7, 11) is 0. The topological polar surface area (TPSA) is 19.6 Å². The summed E-state index contributed by atoms with van der Waals surface area (Å²) in [6.07, 6.45) is 0. The molecule has 0 N–H and O–H groups in total. The van der Waals surface area contributed by atoms with Gasteiger partial charge in [0, 0.05) is 65.1 Å². The quantitative estimate of drug-likeness (QED) is 0.102. The highest BCUT2D eigenvalue weighted by Gasteiger charge is 2.52. The Morgan fingerprint density at radius 3 is 0.805 bits per heavy atom. The Labute approximate surface area is 748 Å². The van der Waals surface area contributed by atoms with Crippen molar-refractivity contribution in [1.29, 1.82) is 0 Å². The van der Waals surface area contributed by atoms with Crippen LogP contribution >= 0.6 is 11.3 Å². The molecule has 0 fully saturated rings. The Kier molecular flexibility index (Phi) is 16.5. The molecule has 2 aromatic heterocycles. The number of nitrogens with zero attached hydrogens (tertiary/aromatic N) is 2. The van der Waals surface area contributed by atoms with Crippen molar-refractivity contribution in [3.05, 3.63) is 574 Å². The molecule has 26 rings (SSSR count). The molecule has 0 spiro atoms. The van der Waals surface area contributed by atoms with E-state index in [9.17, 15) is 0 Å². The number of hydrogen-bond acceptors (Lipinski definition) is 4. The summed E-state index contributed by atoms with van der Waals surface area (Å²) in [5, 5.41) is 4.58. The van der Waals surface area contributed by atoms with E-state index in [0.29, 0.717) is 0 Å². The molecule has 0 radical (unpaired) electrons. The molecular formula is C124H80N2OS. The molecule has 3 nitrogen and oxygen atoms in total. The van der Waals surface area contributed by atoms with Gasteiger partial charge in [-0.15, -0.1) is 11.3 Å². The van der Waals surface area contributed by atoms with Gasteiger partial charge in [0.15, 0.2) is 0 Å². The zero-order valence-electron chi connectivity index (χ0n) is 69.9. The van der Waals surface area contributed by atoms with Gasteiger partial charge in [0.2, 0.25) is 0 Å². The van der Waals surface area contributed by atoms with Crippen molar-refractivity contribution in [2.45, 2.75) is 21.7 Å². The molecule has 1 atom stereocenters. The second-order valence-electron chi connectivity index (χ2n) is 34.7. The Morgan fingerprint density at radius 1 is 0.172 bits per heavy atom. The zero-order valence-corrected chi connectivity index (χ0v) is 70.7. The maximum atomic E-state index is 6.62. The third-order valence-electron chi connectivity index (χ3n) is 28.6. The van der Waals surface area contributed by atoms with Crippen LogP contribution in [0.1, 0.15) is 89.0 Å². The molecule has 0 saturated heterocycles. The molecule has 598 valence electrons. The Hall–Kier alpha value is -16.0. The summed E-state index contributed by atoms with van der Waals surface area (Å²) in [4.78, 5) is 5.06. The maximum absolute atomic E-state index is 6.62. The summed E-state index contributed by atoms with van der Waals surface area (Å²) in [6, 6.07) is 183. The van der Waals surface area contributed by atoms with Crippen molar-refractivity contribution >= 4 is 87.6 Å². The average Bonchev–Trinajstić information content (AvgIpc) is 1.54. The average molecular weight is 1650 g/mol. The van der Waals surface area contributed by atoms with Crippen molar-refractivity contribution in [2.75, 3.05) is 9.80 Å². The minimum atomic E-state index is -0.750. The van der Waals surface area contributed by atoms with Gasteiger partial charge in [-0.3, -0.25) is 0 Å². The van der Waals surface area contributed by atoms with E-state index >= 15 is 0 Å². The molecular weight excluding hydrogens is 1570 g/mol. The summed E-state index contributed by atoms with van der Waals surface area (Å²) >= 11 is 1.88. The zero-order chi connectivity index (χ0) is 84.2. The van der Waals surface area contributed by atoms with Gasteiger partial charge in [0.05, 0.1) is 21.7 Å². The van der Waals surface area contributed by atoms with Gasteiger partial charge in [-0.05, 0) is 236 Å². The first kappa shape index (κ1) is 73.5. The highest BCUT2D eigenvalue weighted by Crippen LogP contribution is 2.64. The number of para-hydroxylation sites is 1. The molecule has 0 saturated carbocycles. The summed E-state index contributed by atoms with van der Waals surface area (Å²) in [5.41, 5.74) is 37.5. The number of benzene rings is 20. The Bertz CT molecular complexity index is 7880. The maximum Gasteiger partial charge on any atom is 0.135 e. The van der Waals surface area contributed by atoms with Crippen LogP contribution in [-0.2, 0) is 21.7 Å². The van der Waals surface area contributed by atoms with Crippen LogP contribution in [0.15, 0.2) is 490 Å². The monoisotopic (exact) mass is 1640 g/mol. The van der Waals surface area contributed by atoms with Gasteiger partial charge in [-0.25, -0.2) is 0 Å². The van der Waals surface area contributed by atoms with Gasteiger partial charge in [-0.1, -0.05) is 394 Å². The fraction of sp³-hybridized carbons (Fsp3) is 0.0323. The third-order valence-corrected chi connectivity index (χ3v) is 29.8. The van der Waals surface area contributed by atoms with Crippen molar-refractivity contribution in [3.63, 3.8) is 0 Å². The van der Waals surface area contributed by atoms with Crippen molar-refractivity contribution in [1.82, 2.24) is 0 Å². The van der Waals surface area contributed by atoms with Gasteiger partial charge in [0.25, 0.3) is 0 Å². The second-order valence-corrected chi connectivity index (χ2v) is 35.7. The van der Waals surface area contributed by atoms with Crippen LogP contribution in [0.4, 0.5) is 34.1 Å². The van der Waals surface area contributed by atoms with Crippen LogP contribution in [0, 0.1) is 0 Å². The van der Waals surface area contributed by atoms with Gasteiger partial charge < -0.3 is 14.2 Å². The van der Waals surface area contributed by atoms with Crippen molar-refractivity contribution in [2.24, 2.45) is 0 Å². The lowest BCUT2D eigenvalue weighted by Crippen LogP contribution is -2.29. The number of anilines is 6. The van der Waals surface area contributed by atoms with Crippen LogP contribution in [-0.4, -0.2) is 0 Å². The molecule has 20 aromatic carbocycles. The molecule has 4 aliphatic rings. The van der Waals surface area contributed by atoms with E-state index in [-0.39, 0.29) is 0 Å². The van der Waals surface area contributed by atoms with Crippen molar-refractivity contribution < 1.29 is 4.42 Å². The van der Waals surface area contributed by atoms with E-state index in [0.717, 1.165) is 61.6 Å². The lowest BCUT2D eigenvalue weighted by molar-refractivity contribution is 0.669. The largest absolute Gasteiger partial charge is 0.456 e. The first-order chi connectivity index (χ1) is 63.5. The van der Waals surface area contributed by atoms with Gasteiger partial charge >= 0.3 is 0 Å². The van der Waals surface area contributed by atoms with Gasteiger partial charge in [-0.2, -0.15) is 0 Å². The van der Waals surface area contributed by atoms with E-state index in [2.05, 4.69) is 495 Å². The van der Waals surface area contributed by atoms with Crippen LogP contribution in [0.5, 0.6) is 0 Å². The number of thiophene rings is 1. The fourth-order valence-corrected chi connectivity index (χ4v) is 24.6. The molecule has 0 bridgehead atoms. The van der Waals surface area contributed by atoms with Crippen molar-refractivity contribution in [3.8, 4) is 55.6 Å². The SMILES string of the molecule is c1ccc(C2(c3ccccc3)c3ccccc3-c3ccc(N(c4ccc5c(c4)C(c4ccccc4)(c4ccc(-c6cccc7c6sc6ccc(N(c8ccc9c(c8)C(c8ccccc8)(c8ccccc8)c8ccccc8-9)c8ccc9c(c8)C(c8ccccc8)(c8ccccc8)c8ccccc8-9)cc67)cc4)c4ccccc4-5)c4ccc5oc6ccccc6c5c4)cc32)cc1. The summed E-state index contributed by atoms with van der Waals surface area (Å²) < 4.78 is 9.09. The standard InChI is InChI=1S/C124H80N2OS/c1-8-33-82(34-9-1)121(83-35-10-2-11-36-83)109-54-27-22-47-97(109)101-69-63-92(77-113(101)121)125(90-67-73-118-107(75-90)105-51-26-31-58-117(105)127-118)93-64-72-104-100-50-25-30-57-112(100)124(116(104)80-93,88-45-20-7-21-46-88)89-61-59-81(60-62-89)96-52-32-53-106-108-76-91(68-74-119(108)128-120(96)106)126(94-65-70-102-98-48-23-28-55-110(98)122(114(102)78-94,84-37-12-3-13-38-84)85-39-14-4-15-40-85)95-66-71-103-99-49-24-29-56-111(99)123(115(103)79-95,86-41-16-5-17-42-86)87-43-18-6-19-44-87/h1-80H. The predicted molar refractivity (Wildman–Crippen MR) is 531 cm³/mol. The lowest BCUT2D eigenvalue weighted by Gasteiger charge is -2.36. The number of fused-ring (bicyclic) bond motifs is 18. The molecule has 1 unspecified atom stereocenters. The molecule has 4 aliphatic carbocycles. The number of rotatable bonds is 15. The molecule has 128 heavy (non-hydrogen) atoms. The Morgan fingerprint density at radius 2 is 0.438 bits per heavy atom. The molecule has 4 heteroatoms. The summed E-state index contributed by atoms with van der Waals surface area (Å²) in [5.74, 6) is 0. The van der Waals surface area contributed by atoms with Crippen LogP contribution in [0.3, 0.4) is 0 Å². The van der Waals surface area contributed by atoms with E-state index in [1.165, 1.54) is 159 Å². The predicted octanol–water partition coefficient (Wildman–Crippen LogP) is 32.0. The molecule has 0 aliphatic heterocycles. The highest BCUT2D eigenvalue weighted by molar-refractivity contribution is 7.26. The number of hydrogen-bond donors (Lipinski definition) is 0. The highest BCUT2D eigenvalue weighted by atomic mass is 32.1. The normalized spacial score (nSPS) is 14.8. The first-order valence-electron chi connectivity index (χ1n) is 44.4. The molecule has 2 heterocycles. The third kappa shape index (κ3) is 10.5. The van der Waals surface area contributed by atoms with Gasteiger partial charge in [0.1, 0.15) is 11.2 Å². The lowest BCUT2D eigenvalue weighted by atomic mass is 9.67. The van der Waals surface area contributed by atoms with Crippen LogP contribution < -0.4 is 9.80 Å². The van der Waals surface area contributed by atoms with E-state index < -0.39 is 21.7 Å². The first-order valence-corrected chi connectivity index (χ1v) is 45.2. The van der Waals surface area contributed by atoms with E-state index in [4.69, 9.17) is 4.42 Å². The number of furan rings is 1. The minimum absolute atomic E-state index is 0.622.